The van der Waals surface area contributed by atoms with Crippen molar-refractivity contribution in [3.05, 3.63) is 57.9 Å². The van der Waals surface area contributed by atoms with Gasteiger partial charge in [0.15, 0.2) is 6.10 Å². The van der Waals surface area contributed by atoms with Gasteiger partial charge < -0.3 is 4.74 Å². The molecule has 0 aliphatic carbocycles. The summed E-state index contributed by atoms with van der Waals surface area (Å²) in [7, 11) is -4.07. The molecule has 0 spiro atoms. The van der Waals surface area contributed by atoms with E-state index in [-0.39, 0.29) is 4.90 Å². The Morgan fingerprint density at radius 3 is 2.48 bits per heavy atom. The summed E-state index contributed by atoms with van der Waals surface area (Å²) >= 11 is 1.57. The SMILES string of the molecule is Cc1ccc(S(=O)(=O)NC(=O)CN2C(=O)C(C)Oc3ccc(-c4nc(C)sc4C)cc32)cc1. The van der Waals surface area contributed by atoms with Crippen molar-refractivity contribution in [3.63, 3.8) is 0 Å². The van der Waals surface area contributed by atoms with E-state index in [9.17, 15) is 18.0 Å². The van der Waals surface area contributed by atoms with Crippen molar-refractivity contribution in [3.8, 4) is 17.0 Å². The van der Waals surface area contributed by atoms with Gasteiger partial charge in [-0.1, -0.05) is 17.7 Å². The number of rotatable bonds is 5. The second kappa shape index (κ2) is 8.60. The zero-order chi connectivity index (χ0) is 23.9. The Bertz CT molecular complexity index is 1350. The Balaban J connectivity index is 1.63. The number of carbonyl (C=O) groups is 2. The Hall–Kier alpha value is -3.24. The van der Waals surface area contributed by atoms with Crippen LogP contribution < -0.4 is 14.4 Å². The molecule has 0 saturated carbocycles. The van der Waals surface area contributed by atoms with Crippen molar-refractivity contribution < 1.29 is 22.7 Å². The van der Waals surface area contributed by atoms with Crippen LogP contribution in [-0.4, -0.2) is 37.9 Å². The molecule has 2 heterocycles. The average Bonchev–Trinajstić information content (AvgIpc) is 3.09. The van der Waals surface area contributed by atoms with Crippen LogP contribution in [-0.2, 0) is 19.6 Å². The number of carbonyl (C=O) groups excluding carboxylic acids is 2. The van der Waals surface area contributed by atoms with E-state index in [1.165, 1.54) is 17.0 Å². The van der Waals surface area contributed by atoms with Gasteiger partial charge in [0.2, 0.25) is 0 Å². The molecule has 8 nitrogen and oxygen atoms in total. The first-order valence-electron chi connectivity index (χ1n) is 10.2. The van der Waals surface area contributed by atoms with Gasteiger partial charge in [-0.15, -0.1) is 11.3 Å². The van der Waals surface area contributed by atoms with Crippen molar-refractivity contribution in [2.75, 3.05) is 11.4 Å². The van der Waals surface area contributed by atoms with Crippen LogP contribution in [0.2, 0.25) is 0 Å². The molecule has 4 rings (SSSR count). The molecule has 1 N–H and O–H groups in total. The molecule has 1 atom stereocenters. The van der Waals surface area contributed by atoms with Crippen LogP contribution in [0.1, 0.15) is 22.4 Å². The van der Waals surface area contributed by atoms with E-state index in [4.69, 9.17) is 4.74 Å². The average molecular weight is 486 g/mol. The lowest BCUT2D eigenvalue weighted by atomic mass is 10.1. The van der Waals surface area contributed by atoms with Gasteiger partial charge in [-0.2, -0.15) is 0 Å². The molecule has 2 aromatic carbocycles. The van der Waals surface area contributed by atoms with Gasteiger partial charge in [0, 0.05) is 10.4 Å². The van der Waals surface area contributed by atoms with Gasteiger partial charge >= 0.3 is 0 Å². The number of fused-ring (bicyclic) bond motifs is 1. The number of nitrogens with zero attached hydrogens (tertiary/aromatic N) is 2. The molecule has 3 aromatic rings. The summed E-state index contributed by atoms with van der Waals surface area (Å²) in [6.45, 7) is 6.83. The maximum atomic E-state index is 12.9. The van der Waals surface area contributed by atoms with Crippen molar-refractivity contribution >= 4 is 38.9 Å². The second-order valence-electron chi connectivity index (χ2n) is 7.85. The van der Waals surface area contributed by atoms with Crippen molar-refractivity contribution in [2.45, 2.75) is 38.7 Å². The summed E-state index contributed by atoms with van der Waals surface area (Å²) in [6.07, 6.45) is -0.812. The Morgan fingerprint density at radius 1 is 1.15 bits per heavy atom. The van der Waals surface area contributed by atoms with Crippen LogP contribution in [0.5, 0.6) is 5.75 Å². The fourth-order valence-corrected chi connectivity index (χ4v) is 5.43. The normalized spacial score (nSPS) is 15.7. The first-order chi connectivity index (χ1) is 15.5. The lowest BCUT2D eigenvalue weighted by Crippen LogP contribution is -2.49. The van der Waals surface area contributed by atoms with Crippen LogP contribution in [0.4, 0.5) is 5.69 Å². The number of anilines is 1. The fourth-order valence-electron chi connectivity index (χ4n) is 3.62. The molecule has 0 fully saturated rings. The number of aryl methyl sites for hydroxylation is 3. The quantitative estimate of drug-likeness (QED) is 0.594. The number of amides is 2. The van der Waals surface area contributed by atoms with Crippen molar-refractivity contribution in [1.29, 1.82) is 0 Å². The van der Waals surface area contributed by atoms with E-state index in [0.717, 1.165) is 26.7 Å². The third-order valence-corrected chi connectivity index (χ3v) is 7.50. The van der Waals surface area contributed by atoms with E-state index >= 15 is 0 Å². The molecule has 1 aliphatic rings. The molecular formula is C23H23N3O5S2. The number of hydrogen-bond acceptors (Lipinski definition) is 7. The summed E-state index contributed by atoms with van der Waals surface area (Å²) in [6, 6.07) is 11.5. The van der Waals surface area contributed by atoms with Crippen LogP contribution in [0.15, 0.2) is 47.4 Å². The van der Waals surface area contributed by atoms with Gasteiger partial charge in [-0.3, -0.25) is 14.5 Å². The predicted octanol–water partition coefficient (Wildman–Crippen LogP) is 3.35. The van der Waals surface area contributed by atoms with Gasteiger partial charge in [0.05, 0.1) is 21.3 Å². The lowest BCUT2D eigenvalue weighted by Gasteiger charge is -2.32. The maximum Gasteiger partial charge on any atom is 0.268 e. The zero-order valence-corrected chi connectivity index (χ0v) is 20.2. The van der Waals surface area contributed by atoms with Crippen LogP contribution in [0.3, 0.4) is 0 Å². The third kappa shape index (κ3) is 4.62. The number of nitrogens with one attached hydrogen (secondary N) is 1. The Labute approximate surface area is 196 Å². The summed E-state index contributed by atoms with van der Waals surface area (Å²) in [5.41, 5.74) is 2.85. The lowest BCUT2D eigenvalue weighted by molar-refractivity contribution is -0.127. The highest BCUT2D eigenvalue weighted by atomic mass is 32.2. The van der Waals surface area contributed by atoms with Gasteiger partial charge in [0.1, 0.15) is 12.3 Å². The number of ether oxygens (including phenoxy) is 1. The minimum Gasteiger partial charge on any atom is -0.479 e. The van der Waals surface area contributed by atoms with Crippen LogP contribution in [0.25, 0.3) is 11.3 Å². The highest BCUT2D eigenvalue weighted by Gasteiger charge is 2.34. The predicted molar refractivity (Wildman–Crippen MR) is 126 cm³/mol. The van der Waals surface area contributed by atoms with Crippen LogP contribution in [0, 0.1) is 20.8 Å². The molecule has 0 saturated heterocycles. The largest absolute Gasteiger partial charge is 0.479 e. The van der Waals surface area contributed by atoms with Gasteiger partial charge in [0.25, 0.3) is 21.8 Å². The monoisotopic (exact) mass is 485 g/mol. The Kier molecular flexibility index (Phi) is 5.98. The molecular weight excluding hydrogens is 462 g/mol. The van der Waals surface area contributed by atoms with E-state index < -0.39 is 34.5 Å². The number of sulfonamides is 1. The molecule has 1 unspecified atom stereocenters. The number of aromatic nitrogens is 1. The molecule has 0 bridgehead atoms. The van der Waals surface area contributed by atoms with E-state index in [1.807, 2.05) is 26.8 Å². The van der Waals surface area contributed by atoms with E-state index in [2.05, 4.69) is 9.71 Å². The minimum atomic E-state index is -4.07. The van der Waals surface area contributed by atoms with E-state index in [0.29, 0.717) is 11.4 Å². The number of hydrogen-bond donors (Lipinski definition) is 1. The molecule has 0 radical (unpaired) electrons. The summed E-state index contributed by atoms with van der Waals surface area (Å²) in [4.78, 5) is 32.4. The summed E-state index contributed by atoms with van der Waals surface area (Å²) in [5, 5.41) is 0.915. The third-order valence-electron chi connectivity index (χ3n) is 5.23. The molecule has 10 heteroatoms. The highest BCUT2D eigenvalue weighted by molar-refractivity contribution is 7.90. The molecule has 33 heavy (non-hydrogen) atoms. The van der Waals surface area contributed by atoms with Crippen LogP contribution >= 0.6 is 11.3 Å². The van der Waals surface area contributed by atoms with Crippen molar-refractivity contribution in [1.82, 2.24) is 9.71 Å². The Morgan fingerprint density at radius 2 is 1.85 bits per heavy atom. The smallest absolute Gasteiger partial charge is 0.268 e. The molecule has 172 valence electrons. The first kappa shape index (κ1) is 22.9. The fraction of sp³-hybridized carbons (Fsp3) is 0.261. The molecule has 2 amide bonds. The summed E-state index contributed by atoms with van der Waals surface area (Å²) < 4.78 is 33.0. The highest BCUT2D eigenvalue weighted by Crippen LogP contribution is 2.38. The maximum absolute atomic E-state index is 12.9. The molecule has 1 aromatic heterocycles. The summed E-state index contributed by atoms with van der Waals surface area (Å²) in [5.74, 6) is -0.826. The zero-order valence-electron chi connectivity index (χ0n) is 18.6. The van der Waals surface area contributed by atoms with Gasteiger partial charge in [-0.05, 0) is 58.0 Å². The van der Waals surface area contributed by atoms with Crippen molar-refractivity contribution in [2.24, 2.45) is 0 Å². The topological polar surface area (TPSA) is 106 Å². The number of benzene rings is 2. The van der Waals surface area contributed by atoms with Gasteiger partial charge in [-0.25, -0.2) is 18.1 Å². The first-order valence-corrected chi connectivity index (χ1v) is 12.5. The standard InChI is InChI=1S/C23H23N3O5S2/c1-13-5-8-18(9-6-13)33(29,30)25-21(27)12-26-19-11-17(22-15(3)32-16(4)24-22)7-10-20(19)31-14(2)23(26)28/h5-11,14H,12H2,1-4H3,(H,25,27). The minimum absolute atomic E-state index is 0.0276. The second-order valence-corrected chi connectivity index (χ2v) is 10.9. The molecule has 1 aliphatic heterocycles. The van der Waals surface area contributed by atoms with E-state index in [1.54, 1.807) is 42.5 Å². The number of thiazole rings is 1.